The fraction of sp³-hybridized carbons (Fsp3) is 0.286. The van der Waals surface area contributed by atoms with Crippen molar-refractivity contribution in [2.45, 2.75) is 24.1 Å². The Morgan fingerprint density at radius 1 is 1.12 bits per heavy atom. The van der Waals surface area contributed by atoms with Crippen molar-refractivity contribution in [2.24, 2.45) is 5.92 Å². The minimum absolute atomic E-state index is 0.00890. The highest BCUT2D eigenvalue weighted by Gasteiger charge is 2.35. The summed E-state index contributed by atoms with van der Waals surface area (Å²) in [5.41, 5.74) is 0.809. The highest BCUT2D eigenvalue weighted by Crippen LogP contribution is 2.31. The lowest BCUT2D eigenvalue weighted by atomic mass is 10.1. The van der Waals surface area contributed by atoms with Crippen molar-refractivity contribution in [3.63, 3.8) is 0 Å². The average molecular weight is 494 g/mol. The number of rotatable bonds is 9. The van der Waals surface area contributed by atoms with E-state index in [0.717, 1.165) is 33.6 Å². The molecule has 2 heterocycles. The topological polar surface area (TPSA) is 113 Å². The number of carbonyl (C=O) groups is 3. The van der Waals surface area contributed by atoms with E-state index in [1.54, 1.807) is 31.4 Å². The van der Waals surface area contributed by atoms with Crippen molar-refractivity contribution >= 4 is 56.3 Å². The molecule has 1 aliphatic rings. The summed E-state index contributed by atoms with van der Waals surface area (Å²) in [6, 6.07) is 11.3. The average Bonchev–Trinajstić information content (AvgIpc) is 3.38. The van der Waals surface area contributed by atoms with Gasteiger partial charge in [0.05, 0.1) is 4.91 Å². The maximum atomic E-state index is 12.6. The van der Waals surface area contributed by atoms with E-state index in [1.165, 1.54) is 6.07 Å². The zero-order valence-corrected chi connectivity index (χ0v) is 19.9. The molecule has 2 N–H and O–H groups in total. The van der Waals surface area contributed by atoms with Gasteiger partial charge in [0.25, 0.3) is 21.2 Å². The van der Waals surface area contributed by atoms with Crippen LogP contribution in [0.3, 0.4) is 0 Å². The van der Waals surface area contributed by atoms with Crippen molar-refractivity contribution in [1.82, 2.24) is 14.9 Å². The predicted octanol–water partition coefficient (Wildman–Crippen LogP) is 2.90. The molecule has 1 atom stereocenters. The number of imide groups is 1. The van der Waals surface area contributed by atoms with Crippen LogP contribution in [0.25, 0.3) is 6.08 Å². The molecule has 1 aromatic heterocycles. The lowest BCUT2D eigenvalue weighted by Crippen LogP contribution is -2.50. The van der Waals surface area contributed by atoms with E-state index in [4.69, 9.17) is 0 Å². The molecule has 0 bridgehead atoms. The number of amides is 3. The third kappa shape index (κ3) is 5.85. The summed E-state index contributed by atoms with van der Waals surface area (Å²) in [7, 11) is -3.82. The summed E-state index contributed by atoms with van der Waals surface area (Å²) in [5.74, 6) is -1.25. The Bertz CT molecular complexity index is 1110. The number of nitrogens with zero attached hydrogens (tertiary/aromatic N) is 1. The number of nitrogens with one attached hydrogen (secondary N) is 2. The van der Waals surface area contributed by atoms with Crippen LogP contribution in [0, 0.1) is 5.92 Å². The molecule has 0 saturated carbocycles. The van der Waals surface area contributed by atoms with Gasteiger partial charge in [0.2, 0.25) is 5.91 Å². The molecule has 3 amide bonds. The largest absolute Gasteiger partial charge is 0.353 e. The van der Waals surface area contributed by atoms with Crippen LogP contribution in [0.1, 0.15) is 19.4 Å². The molecule has 2 aromatic rings. The quantitative estimate of drug-likeness (QED) is 0.520. The van der Waals surface area contributed by atoms with Crippen molar-refractivity contribution in [2.75, 3.05) is 13.1 Å². The molecule has 8 nitrogen and oxygen atoms in total. The summed E-state index contributed by atoms with van der Waals surface area (Å²) in [5, 5.41) is 3.86. The summed E-state index contributed by atoms with van der Waals surface area (Å²) in [6.07, 6.45) is 1.65. The van der Waals surface area contributed by atoms with Crippen LogP contribution in [-0.2, 0) is 19.6 Å². The van der Waals surface area contributed by atoms with Crippen LogP contribution in [-0.4, -0.2) is 49.5 Å². The lowest BCUT2D eigenvalue weighted by Gasteiger charge is -2.22. The third-order valence-corrected chi connectivity index (χ3v) is 8.34. The smallest absolute Gasteiger partial charge is 0.293 e. The zero-order valence-electron chi connectivity index (χ0n) is 17.5. The number of thioether (sulfide) groups is 1. The first kappa shape index (κ1) is 24.2. The number of hydrogen-bond donors (Lipinski definition) is 2. The normalized spacial score (nSPS) is 16.7. The summed E-state index contributed by atoms with van der Waals surface area (Å²) < 4.78 is 27.5. The molecule has 1 aromatic carbocycles. The van der Waals surface area contributed by atoms with E-state index in [-0.39, 0.29) is 23.2 Å². The van der Waals surface area contributed by atoms with Gasteiger partial charge < -0.3 is 5.32 Å². The Morgan fingerprint density at radius 3 is 2.47 bits per heavy atom. The van der Waals surface area contributed by atoms with Crippen LogP contribution in [0.15, 0.2) is 57.0 Å². The van der Waals surface area contributed by atoms with Crippen LogP contribution >= 0.6 is 23.1 Å². The Hall–Kier alpha value is -2.47. The number of hydrogen-bond acceptors (Lipinski definition) is 7. The Kier molecular flexibility index (Phi) is 7.88. The lowest BCUT2D eigenvalue weighted by molar-refractivity contribution is -0.125. The molecule has 3 rings (SSSR count). The van der Waals surface area contributed by atoms with Gasteiger partial charge in [-0.15, -0.1) is 11.3 Å². The van der Waals surface area contributed by atoms with Gasteiger partial charge in [-0.3, -0.25) is 19.3 Å². The first-order valence-electron chi connectivity index (χ1n) is 9.83. The second-order valence-electron chi connectivity index (χ2n) is 7.31. The van der Waals surface area contributed by atoms with Gasteiger partial charge >= 0.3 is 0 Å². The second-order valence-corrected chi connectivity index (χ2v) is 11.2. The van der Waals surface area contributed by atoms with Gasteiger partial charge in [0.1, 0.15) is 10.3 Å². The monoisotopic (exact) mass is 493 g/mol. The fourth-order valence-electron chi connectivity index (χ4n) is 2.93. The minimum Gasteiger partial charge on any atom is -0.353 e. The van der Waals surface area contributed by atoms with Gasteiger partial charge in [-0.25, -0.2) is 8.42 Å². The highest BCUT2D eigenvalue weighted by molar-refractivity contribution is 8.18. The summed E-state index contributed by atoms with van der Waals surface area (Å²) >= 11 is 1.91. The SMILES string of the molecule is CC(C)[C@H](NS(=O)(=O)c1cccs1)C(=O)NCCN1C(=O)S/C(=C\c2ccccc2)C1=O. The third-order valence-electron chi connectivity index (χ3n) is 4.60. The molecule has 0 unspecified atom stereocenters. The van der Waals surface area contributed by atoms with E-state index >= 15 is 0 Å². The van der Waals surface area contributed by atoms with Crippen LogP contribution in [0.2, 0.25) is 0 Å². The molecular formula is C21H23N3O5S3. The Balaban J connectivity index is 1.58. The first-order chi connectivity index (χ1) is 15.2. The van der Waals surface area contributed by atoms with E-state index in [1.807, 2.05) is 30.3 Å². The maximum absolute atomic E-state index is 12.6. The van der Waals surface area contributed by atoms with E-state index in [2.05, 4.69) is 10.0 Å². The van der Waals surface area contributed by atoms with Gasteiger partial charge in [0.15, 0.2) is 0 Å². The minimum atomic E-state index is -3.82. The molecule has 1 aliphatic heterocycles. The number of sulfonamides is 1. The molecule has 0 aliphatic carbocycles. The predicted molar refractivity (Wildman–Crippen MR) is 125 cm³/mol. The highest BCUT2D eigenvalue weighted by atomic mass is 32.2. The molecule has 0 spiro atoms. The Morgan fingerprint density at radius 2 is 1.84 bits per heavy atom. The van der Waals surface area contributed by atoms with Crippen molar-refractivity contribution < 1.29 is 22.8 Å². The summed E-state index contributed by atoms with van der Waals surface area (Å²) in [6.45, 7) is 3.46. The van der Waals surface area contributed by atoms with Crippen molar-refractivity contribution in [3.8, 4) is 0 Å². The number of benzene rings is 1. The van der Waals surface area contributed by atoms with Gasteiger partial charge in [-0.2, -0.15) is 4.72 Å². The van der Waals surface area contributed by atoms with Crippen molar-refractivity contribution in [1.29, 1.82) is 0 Å². The molecular weight excluding hydrogens is 470 g/mol. The molecule has 32 heavy (non-hydrogen) atoms. The summed E-state index contributed by atoms with van der Waals surface area (Å²) in [4.78, 5) is 38.8. The first-order valence-corrected chi connectivity index (χ1v) is 13.0. The maximum Gasteiger partial charge on any atom is 0.293 e. The number of carbonyl (C=O) groups excluding carboxylic acids is 3. The van der Waals surface area contributed by atoms with Crippen LogP contribution < -0.4 is 10.0 Å². The molecule has 170 valence electrons. The van der Waals surface area contributed by atoms with Crippen molar-refractivity contribution in [3.05, 3.63) is 58.3 Å². The van der Waals surface area contributed by atoms with E-state index in [9.17, 15) is 22.8 Å². The standard InChI is InChI=1S/C21H23N3O5S3/c1-14(2)18(23-32(28,29)17-9-6-12-30-17)19(25)22-10-11-24-20(26)16(31-21(24)27)13-15-7-4-3-5-8-15/h3-9,12-14,18,23H,10-11H2,1-2H3,(H,22,25)/b16-13-/t18-/m0/s1. The molecule has 1 fully saturated rings. The van der Waals surface area contributed by atoms with E-state index < -0.39 is 33.1 Å². The molecule has 0 radical (unpaired) electrons. The van der Waals surface area contributed by atoms with Gasteiger partial charge in [0, 0.05) is 13.1 Å². The zero-order chi connectivity index (χ0) is 23.3. The molecule has 11 heteroatoms. The van der Waals surface area contributed by atoms with Crippen LogP contribution in [0.5, 0.6) is 0 Å². The Labute approximate surface area is 195 Å². The fourth-order valence-corrected chi connectivity index (χ4v) is 6.15. The number of thiophene rings is 1. The van der Waals surface area contributed by atoms with Gasteiger partial charge in [-0.1, -0.05) is 50.2 Å². The van der Waals surface area contributed by atoms with Gasteiger partial charge in [-0.05, 0) is 40.8 Å². The van der Waals surface area contributed by atoms with Crippen LogP contribution in [0.4, 0.5) is 4.79 Å². The second kappa shape index (κ2) is 10.4. The van der Waals surface area contributed by atoms with E-state index in [0.29, 0.717) is 4.91 Å². The molecule has 1 saturated heterocycles.